The van der Waals surface area contributed by atoms with Crippen molar-refractivity contribution in [2.75, 3.05) is 0 Å². The molecule has 0 aromatic carbocycles. The SMILES string of the molecule is O=S(=O)([O-])[O-].O=S(=O)([O-])[O-].O=S(=O)([O-])[O-].[C+4].[Cu+2]. The van der Waals surface area contributed by atoms with E-state index < -0.39 is 31.2 Å². The Hall–Kier alpha value is 0.129. The van der Waals surface area contributed by atoms with E-state index in [0.717, 1.165) is 0 Å². The minimum absolute atomic E-state index is 0. The van der Waals surface area contributed by atoms with Crippen molar-refractivity contribution in [1.29, 1.82) is 0 Å². The fourth-order valence-corrected chi connectivity index (χ4v) is 0. The van der Waals surface area contributed by atoms with Gasteiger partial charge in [0, 0.05) is 31.2 Å². The molecule has 0 atom stereocenters. The predicted octanol–water partition coefficient (Wildman–Crippen LogP) is -3.94. The van der Waals surface area contributed by atoms with E-state index in [0.29, 0.717) is 0 Å². The minimum Gasteiger partial charge on any atom is -0.759 e. The van der Waals surface area contributed by atoms with E-state index >= 15 is 0 Å². The van der Waals surface area contributed by atoms with E-state index in [1.165, 1.54) is 0 Å². The molecule has 0 aliphatic rings. The van der Waals surface area contributed by atoms with Crippen molar-refractivity contribution in [3.63, 3.8) is 0 Å². The van der Waals surface area contributed by atoms with E-state index in [1.807, 2.05) is 0 Å². The molecular formula is CCuO12S3. The summed E-state index contributed by atoms with van der Waals surface area (Å²) in [6.45, 7) is 0. The van der Waals surface area contributed by atoms with Crippen LogP contribution >= 0.6 is 0 Å². The molecule has 12 nitrogen and oxygen atoms in total. The molecule has 0 spiro atoms. The molecule has 0 aliphatic heterocycles. The Kier molecular flexibility index (Phi) is 20.0. The fraction of sp³-hybridized carbons (Fsp3) is 0. The molecule has 17 heavy (non-hydrogen) atoms. The fourth-order valence-electron chi connectivity index (χ4n) is 0. The molecule has 0 N–H and O–H groups in total. The molecule has 105 valence electrons. The van der Waals surface area contributed by atoms with Crippen LogP contribution in [0.15, 0.2) is 0 Å². The maximum atomic E-state index is 8.52. The number of hydrogen-bond donors (Lipinski definition) is 0. The third-order valence-corrected chi connectivity index (χ3v) is 0. The smallest absolute Gasteiger partial charge is 0.759 e. The first kappa shape index (κ1) is 30.3. The van der Waals surface area contributed by atoms with Crippen LogP contribution in [0.25, 0.3) is 0 Å². The van der Waals surface area contributed by atoms with Gasteiger partial charge in [-0.1, -0.05) is 0 Å². The van der Waals surface area contributed by atoms with Crippen LogP contribution in [0.5, 0.6) is 0 Å². The van der Waals surface area contributed by atoms with Gasteiger partial charge in [0.1, 0.15) is 0 Å². The van der Waals surface area contributed by atoms with Gasteiger partial charge in [0.25, 0.3) is 0 Å². The van der Waals surface area contributed by atoms with Gasteiger partial charge in [-0.2, -0.15) is 0 Å². The third-order valence-electron chi connectivity index (χ3n) is 0. The molecule has 0 bridgehead atoms. The van der Waals surface area contributed by atoms with Crippen molar-refractivity contribution in [1.82, 2.24) is 0 Å². The van der Waals surface area contributed by atoms with Gasteiger partial charge >= 0.3 is 24.5 Å². The summed E-state index contributed by atoms with van der Waals surface area (Å²) in [7, 11) is -15.5. The molecule has 0 heterocycles. The number of hydrogen-bond acceptors (Lipinski definition) is 12. The summed E-state index contributed by atoms with van der Waals surface area (Å²) >= 11 is 0. The molecule has 1 radical (unpaired) electrons. The Morgan fingerprint density at radius 2 is 0.471 bits per heavy atom. The van der Waals surface area contributed by atoms with Crippen LogP contribution in [0.1, 0.15) is 0 Å². The molecule has 16 heteroatoms. The summed E-state index contributed by atoms with van der Waals surface area (Å²) in [5.74, 6) is 0. The quantitative estimate of drug-likeness (QED) is 0.227. The molecule has 0 amide bonds. The number of rotatable bonds is 0. The molecule has 0 unspecified atom stereocenters. The van der Waals surface area contributed by atoms with Gasteiger partial charge in [-0.25, -0.2) is 0 Å². The Morgan fingerprint density at radius 1 is 0.471 bits per heavy atom. The zero-order valence-corrected chi connectivity index (χ0v) is 10.3. The molecule has 0 rings (SSSR count). The van der Waals surface area contributed by atoms with E-state index in [9.17, 15) is 0 Å². The van der Waals surface area contributed by atoms with Crippen LogP contribution in [0.4, 0.5) is 0 Å². The van der Waals surface area contributed by atoms with Crippen molar-refractivity contribution in [3.05, 3.63) is 7.43 Å². The zero-order valence-electron chi connectivity index (χ0n) is 6.93. The first-order chi connectivity index (χ1) is 6.00. The first-order valence-corrected chi connectivity index (χ1v) is 6.00. The Morgan fingerprint density at radius 3 is 0.471 bits per heavy atom. The topological polar surface area (TPSA) is 241 Å². The van der Waals surface area contributed by atoms with Gasteiger partial charge in [0.05, 0.1) is 0 Å². The van der Waals surface area contributed by atoms with Crippen molar-refractivity contribution in [2.45, 2.75) is 0 Å². The normalized spacial score (nSPS) is 10.2. The van der Waals surface area contributed by atoms with E-state index in [4.69, 9.17) is 52.6 Å². The minimum atomic E-state index is -5.17. The zero-order chi connectivity index (χ0) is 13.5. The Labute approximate surface area is 108 Å². The summed E-state index contributed by atoms with van der Waals surface area (Å²) in [4.78, 5) is 0. The average molecular weight is 364 g/mol. The van der Waals surface area contributed by atoms with Crippen molar-refractivity contribution in [3.8, 4) is 0 Å². The van der Waals surface area contributed by atoms with Gasteiger partial charge in [-0.3, -0.25) is 25.3 Å². The second-order valence-corrected chi connectivity index (χ2v) is 3.67. The maximum Gasteiger partial charge on any atom is 4.00 e. The summed E-state index contributed by atoms with van der Waals surface area (Å²) < 4.78 is 102. The van der Waals surface area contributed by atoms with E-state index in [-0.39, 0.29) is 24.5 Å². The van der Waals surface area contributed by atoms with Gasteiger partial charge in [-0.15, -0.1) is 0 Å². The predicted molar refractivity (Wildman–Crippen MR) is 34.7 cm³/mol. The standard InChI is InChI=1S/C.Cu.3H2O4S/c;;3*1-5(2,3)4/h;;3*(H2,1,2,3,4)/q+4;+2;;;/p-6. The van der Waals surface area contributed by atoms with Crippen molar-refractivity contribution >= 4 is 31.2 Å². The van der Waals surface area contributed by atoms with Crippen LogP contribution in [0.3, 0.4) is 0 Å². The van der Waals surface area contributed by atoms with Crippen LogP contribution in [0, 0.1) is 7.43 Å². The van der Waals surface area contributed by atoms with Crippen LogP contribution in [-0.2, 0) is 48.3 Å². The molecule has 0 fully saturated rings. The molecular weight excluding hydrogens is 364 g/mol. The largest absolute Gasteiger partial charge is 4.00 e. The van der Waals surface area contributed by atoms with Crippen LogP contribution in [0.2, 0.25) is 0 Å². The summed E-state index contributed by atoms with van der Waals surface area (Å²) in [6, 6.07) is 0. The molecule has 0 saturated carbocycles. The Balaban J connectivity index is -0.0000000400. The summed E-state index contributed by atoms with van der Waals surface area (Å²) in [5.41, 5.74) is 0. The second-order valence-electron chi connectivity index (χ2n) is 1.22. The Bertz CT molecular complexity index is 343. The maximum absolute atomic E-state index is 8.52. The molecule has 0 aliphatic carbocycles. The summed E-state index contributed by atoms with van der Waals surface area (Å²) in [6.07, 6.45) is 0. The average Bonchev–Trinajstić information content (AvgIpc) is 1.41. The van der Waals surface area contributed by atoms with E-state index in [2.05, 4.69) is 0 Å². The van der Waals surface area contributed by atoms with Gasteiger partial charge < -0.3 is 27.3 Å². The first-order valence-electron chi connectivity index (χ1n) is 2.00. The molecule has 0 aromatic rings. The summed E-state index contributed by atoms with van der Waals surface area (Å²) in [5, 5.41) is 0. The van der Waals surface area contributed by atoms with Crippen LogP contribution in [-0.4, -0.2) is 52.6 Å². The van der Waals surface area contributed by atoms with Crippen molar-refractivity contribution < 1.29 is 69.6 Å². The molecule has 0 aromatic heterocycles. The van der Waals surface area contributed by atoms with Gasteiger partial charge in [0.15, 0.2) is 0 Å². The second kappa shape index (κ2) is 11.2. The van der Waals surface area contributed by atoms with E-state index in [1.54, 1.807) is 0 Å². The molecule has 0 saturated heterocycles. The van der Waals surface area contributed by atoms with Crippen molar-refractivity contribution in [2.24, 2.45) is 0 Å². The third kappa shape index (κ3) is 192000. The van der Waals surface area contributed by atoms with Crippen LogP contribution < -0.4 is 0 Å². The van der Waals surface area contributed by atoms with Gasteiger partial charge in [-0.05, 0) is 0 Å². The monoisotopic (exact) mass is 363 g/mol. The van der Waals surface area contributed by atoms with Gasteiger partial charge in [0.2, 0.25) is 0 Å².